The summed E-state index contributed by atoms with van der Waals surface area (Å²) in [6.45, 7) is 0. The first-order valence-corrected chi connectivity index (χ1v) is 6.72. The number of likely N-dealkylation sites (N-methyl/N-ethyl adjacent to an activating group) is 1. The molecule has 1 N–H and O–H groups in total. The average molecular weight is 295 g/mol. The van der Waals surface area contributed by atoms with Crippen LogP contribution in [-0.4, -0.2) is 36.1 Å². The van der Waals surface area contributed by atoms with Crippen molar-refractivity contribution in [1.82, 2.24) is 4.90 Å². The molecular formula is C15H15F2NO3. The number of furan rings is 1. The van der Waals surface area contributed by atoms with Crippen LogP contribution in [0.1, 0.15) is 28.1 Å². The molecule has 0 bridgehead atoms. The van der Waals surface area contributed by atoms with E-state index in [1.807, 2.05) is 19.0 Å². The van der Waals surface area contributed by atoms with Gasteiger partial charge >= 0.3 is 5.97 Å². The van der Waals surface area contributed by atoms with Gasteiger partial charge in [0.25, 0.3) is 0 Å². The molecule has 0 aliphatic heterocycles. The molecule has 0 saturated heterocycles. The Morgan fingerprint density at radius 1 is 1.43 bits per heavy atom. The summed E-state index contributed by atoms with van der Waals surface area (Å²) in [6, 6.07) is 0.882. The average Bonchev–Trinajstić information content (AvgIpc) is 2.81. The van der Waals surface area contributed by atoms with E-state index in [-0.39, 0.29) is 17.0 Å². The van der Waals surface area contributed by atoms with Crippen molar-refractivity contribution in [3.8, 4) is 0 Å². The van der Waals surface area contributed by atoms with Crippen molar-refractivity contribution >= 4 is 16.9 Å². The fourth-order valence-electron chi connectivity index (χ4n) is 2.95. The van der Waals surface area contributed by atoms with E-state index in [1.165, 1.54) is 0 Å². The highest BCUT2D eigenvalue weighted by Crippen LogP contribution is 2.36. The minimum Gasteiger partial charge on any atom is -0.478 e. The van der Waals surface area contributed by atoms with E-state index in [1.54, 1.807) is 0 Å². The van der Waals surface area contributed by atoms with Gasteiger partial charge in [0.2, 0.25) is 0 Å². The van der Waals surface area contributed by atoms with Crippen molar-refractivity contribution in [3.63, 3.8) is 0 Å². The summed E-state index contributed by atoms with van der Waals surface area (Å²) in [5.74, 6) is -2.67. The highest BCUT2D eigenvalue weighted by molar-refractivity contribution is 5.95. The van der Waals surface area contributed by atoms with Gasteiger partial charge in [0, 0.05) is 18.0 Å². The summed E-state index contributed by atoms with van der Waals surface area (Å²) >= 11 is 0. The standard InChI is InChI=1S/C15H15F2NO3/c1-18(2)7-3-4-11-8(5-7)12-13(17)9(15(19)20)6-10(16)14(12)21-11/h6-7H,3-5H2,1-2H3,(H,19,20). The smallest absolute Gasteiger partial charge is 0.338 e. The van der Waals surface area contributed by atoms with Gasteiger partial charge in [-0.2, -0.15) is 0 Å². The van der Waals surface area contributed by atoms with Crippen molar-refractivity contribution in [2.24, 2.45) is 0 Å². The number of fused-ring (bicyclic) bond motifs is 3. The molecule has 4 nitrogen and oxygen atoms in total. The third-order valence-corrected chi connectivity index (χ3v) is 4.14. The van der Waals surface area contributed by atoms with Crippen LogP contribution in [0.15, 0.2) is 10.5 Å². The Hall–Kier alpha value is -1.95. The maximum atomic E-state index is 14.4. The van der Waals surface area contributed by atoms with E-state index >= 15 is 0 Å². The summed E-state index contributed by atoms with van der Waals surface area (Å²) in [6.07, 6.45) is 1.96. The Balaban J connectivity index is 2.25. The van der Waals surface area contributed by atoms with E-state index in [2.05, 4.69) is 0 Å². The molecule has 21 heavy (non-hydrogen) atoms. The van der Waals surface area contributed by atoms with Crippen LogP contribution >= 0.6 is 0 Å². The quantitative estimate of drug-likeness (QED) is 0.925. The molecule has 0 saturated carbocycles. The second kappa shape index (κ2) is 4.80. The number of halogens is 2. The van der Waals surface area contributed by atoms with E-state index in [9.17, 15) is 13.6 Å². The van der Waals surface area contributed by atoms with Crippen LogP contribution in [-0.2, 0) is 12.8 Å². The molecule has 0 spiro atoms. The van der Waals surface area contributed by atoms with Crippen LogP contribution in [0.5, 0.6) is 0 Å². The molecule has 1 aliphatic rings. The third-order valence-electron chi connectivity index (χ3n) is 4.14. The summed E-state index contributed by atoms with van der Waals surface area (Å²) in [5.41, 5.74) is -0.244. The maximum Gasteiger partial charge on any atom is 0.338 e. The van der Waals surface area contributed by atoms with Crippen LogP contribution in [0, 0.1) is 11.6 Å². The lowest BCUT2D eigenvalue weighted by Gasteiger charge is -2.27. The molecule has 0 amide bonds. The summed E-state index contributed by atoms with van der Waals surface area (Å²) in [7, 11) is 3.86. The van der Waals surface area contributed by atoms with Crippen LogP contribution in [0.4, 0.5) is 8.78 Å². The molecule has 6 heteroatoms. The molecule has 112 valence electrons. The van der Waals surface area contributed by atoms with Gasteiger partial charge < -0.3 is 14.4 Å². The van der Waals surface area contributed by atoms with Gasteiger partial charge in [-0.1, -0.05) is 0 Å². The van der Waals surface area contributed by atoms with Gasteiger partial charge in [-0.3, -0.25) is 0 Å². The Morgan fingerprint density at radius 2 is 2.14 bits per heavy atom. The zero-order chi connectivity index (χ0) is 15.3. The van der Waals surface area contributed by atoms with Gasteiger partial charge in [0.15, 0.2) is 11.4 Å². The highest BCUT2D eigenvalue weighted by atomic mass is 19.1. The van der Waals surface area contributed by atoms with Crippen LogP contribution in [0.3, 0.4) is 0 Å². The number of aryl methyl sites for hydroxylation is 1. The Bertz CT molecular complexity index is 736. The number of carboxylic acids is 1. The lowest BCUT2D eigenvalue weighted by Crippen LogP contribution is -2.33. The monoisotopic (exact) mass is 295 g/mol. The predicted octanol–water partition coefficient (Wildman–Crippen LogP) is 2.83. The Morgan fingerprint density at radius 3 is 2.76 bits per heavy atom. The molecule has 0 radical (unpaired) electrons. The fourth-order valence-corrected chi connectivity index (χ4v) is 2.95. The topological polar surface area (TPSA) is 53.7 Å². The van der Waals surface area contributed by atoms with Gasteiger partial charge in [-0.05, 0) is 33.0 Å². The molecule has 0 fully saturated rings. The summed E-state index contributed by atoms with van der Waals surface area (Å²) < 4.78 is 33.9. The molecule has 1 aromatic heterocycles. The number of carbonyl (C=O) groups is 1. The number of carboxylic acid groups (broad SMARTS) is 1. The van der Waals surface area contributed by atoms with Crippen LogP contribution < -0.4 is 0 Å². The van der Waals surface area contributed by atoms with Gasteiger partial charge in [-0.15, -0.1) is 0 Å². The molecule has 1 aliphatic carbocycles. The number of aromatic carboxylic acids is 1. The molecule has 1 heterocycles. The second-order valence-corrected chi connectivity index (χ2v) is 5.59. The number of nitrogens with zero attached hydrogens (tertiary/aromatic N) is 1. The number of hydrogen-bond acceptors (Lipinski definition) is 3. The van der Waals surface area contributed by atoms with Crippen molar-refractivity contribution in [2.75, 3.05) is 14.1 Å². The normalized spacial score (nSPS) is 18.2. The lowest BCUT2D eigenvalue weighted by atomic mass is 9.90. The third kappa shape index (κ3) is 2.10. The first-order valence-electron chi connectivity index (χ1n) is 6.72. The summed E-state index contributed by atoms with van der Waals surface area (Å²) in [5, 5.41) is 8.97. The Labute approximate surface area is 120 Å². The van der Waals surface area contributed by atoms with E-state index in [0.29, 0.717) is 30.2 Å². The number of benzene rings is 1. The SMILES string of the molecule is CN(C)C1CCc2oc3c(F)cc(C(=O)O)c(F)c3c2C1. The van der Waals surface area contributed by atoms with Crippen LogP contribution in [0.2, 0.25) is 0 Å². The van der Waals surface area contributed by atoms with Crippen molar-refractivity contribution in [2.45, 2.75) is 25.3 Å². The number of hydrogen-bond donors (Lipinski definition) is 1. The molecule has 1 aromatic carbocycles. The minimum atomic E-state index is -1.48. The predicted molar refractivity (Wildman–Crippen MR) is 72.6 cm³/mol. The van der Waals surface area contributed by atoms with E-state index in [0.717, 1.165) is 6.42 Å². The van der Waals surface area contributed by atoms with Gasteiger partial charge in [0.1, 0.15) is 11.6 Å². The molecular weight excluding hydrogens is 280 g/mol. The second-order valence-electron chi connectivity index (χ2n) is 5.59. The van der Waals surface area contributed by atoms with Crippen molar-refractivity contribution < 1.29 is 23.1 Å². The first-order chi connectivity index (χ1) is 9.90. The number of rotatable bonds is 2. The zero-order valence-electron chi connectivity index (χ0n) is 11.7. The van der Waals surface area contributed by atoms with E-state index in [4.69, 9.17) is 9.52 Å². The molecule has 1 atom stereocenters. The largest absolute Gasteiger partial charge is 0.478 e. The van der Waals surface area contributed by atoms with Crippen molar-refractivity contribution in [1.29, 1.82) is 0 Å². The van der Waals surface area contributed by atoms with E-state index < -0.39 is 23.2 Å². The Kier molecular flexibility index (Phi) is 3.20. The molecule has 2 aromatic rings. The minimum absolute atomic E-state index is 0.0195. The highest BCUT2D eigenvalue weighted by Gasteiger charge is 2.30. The first kappa shape index (κ1) is 14.0. The lowest BCUT2D eigenvalue weighted by molar-refractivity contribution is 0.0691. The zero-order valence-corrected chi connectivity index (χ0v) is 11.7. The fraction of sp³-hybridized carbons (Fsp3) is 0.400. The van der Waals surface area contributed by atoms with Gasteiger partial charge in [0.05, 0.1) is 10.9 Å². The molecule has 3 rings (SSSR count). The summed E-state index contributed by atoms with van der Waals surface area (Å²) in [4.78, 5) is 13.1. The maximum absolute atomic E-state index is 14.4. The molecule has 1 unspecified atom stereocenters. The van der Waals surface area contributed by atoms with Crippen LogP contribution in [0.25, 0.3) is 11.0 Å². The van der Waals surface area contributed by atoms with Crippen molar-refractivity contribution in [3.05, 3.63) is 34.6 Å². The van der Waals surface area contributed by atoms with Gasteiger partial charge in [-0.25, -0.2) is 13.6 Å².